The van der Waals surface area contributed by atoms with E-state index >= 15 is 0 Å². The highest BCUT2D eigenvalue weighted by Gasteiger charge is 2.38. The molecule has 0 atom stereocenters. The number of benzene rings is 2. The quantitative estimate of drug-likeness (QED) is 0.887. The van der Waals surface area contributed by atoms with E-state index in [1.54, 1.807) is 26.0 Å². The Morgan fingerprint density at radius 2 is 1.80 bits per heavy atom. The minimum absolute atomic E-state index is 0. The third-order valence-electron chi connectivity index (χ3n) is 4.14. The van der Waals surface area contributed by atoms with Crippen molar-refractivity contribution in [2.75, 3.05) is 12.4 Å². The Morgan fingerprint density at radius 3 is 2.36 bits per heavy atom. The molecule has 1 heterocycles. The number of carbonyl (C=O) groups excluding carboxylic acids is 1. The summed E-state index contributed by atoms with van der Waals surface area (Å²) in [4.78, 5) is 12.2. The van der Waals surface area contributed by atoms with Gasteiger partial charge in [-0.3, -0.25) is 4.79 Å². The van der Waals surface area contributed by atoms with Crippen LogP contribution in [0.1, 0.15) is 32.4 Å². The SMILES string of the molecule is C.CNc1ccc2c(c1)OC(C)(C)C(C(N)=O)=C2c1ccc(F)cc1. The van der Waals surface area contributed by atoms with Crippen LogP contribution in [0.25, 0.3) is 5.57 Å². The number of nitrogens with one attached hydrogen (secondary N) is 1. The highest BCUT2D eigenvalue weighted by atomic mass is 19.1. The second-order valence-electron chi connectivity index (χ2n) is 6.19. The summed E-state index contributed by atoms with van der Waals surface area (Å²) in [6.45, 7) is 3.59. The van der Waals surface area contributed by atoms with Gasteiger partial charge in [0.2, 0.25) is 5.91 Å². The van der Waals surface area contributed by atoms with Crippen molar-refractivity contribution in [3.8, 4) is 5.75 Å². The molecule has 4 nitrogen and oxygen atoms in total. The number of fused-ring (bicyclic) bond motifs is 1. The van der Waals surface area contributed by atoms with E-state index in [9.17, 15) is 9.18 Å². The van der Waals surface area contributed by atoms with Gasteiger partial charge in [-0.1, -0.05) is 19.6 Å². The number of amides is 1. The molecule has 3 rings (SSSR count). The summed E-state index contributed by atoms with van der Waals surface area (Å²) in [5.41, 5.74) is 8.18. The van der Waals surface area contributed by atoms with Crippen LogP contribution in [0.2, 0.25) is 0 Å². The summed E-state index contributed by atoms with van der Waals surface area (Å²) >= 11 is 0. The maximum atomic E-state index is 13.3. The van der Waals surface area contributed by atoms with E-state index < -0.39 is 11.5 Å². The number of primary amides is 1. The lowest BCUT2D eigenvalue weighted by atomic mass is 9.82. The van der Waals surface area contributed by atoms with Crippen LogP contribution in [0.3, 0.4) is 0 Å². The molecule has 5 heteroatoms. The number of halogens is 1. The number of hydrogen-bond acceptors (Lipinski definition) is 3. The van der Waals surface area contributed by atoms with Crippen LogP contribution in [-0.2, 0) is 4.79 Å². The first-order valence-electron chi connectivity index (χ1n) is 7.65. The lowest BCUT2D eigenvalue weighted by molar-refractivity contribution is -0.116. The molecule has 1 aliphatic rings. The normalized spacial score (nSPS) is 14.9. The van der Waals surface area contributed by atoms with Crippen molar-refractivity contribution in [1.82, 2.24) is 0 Å². The second kappa shape index (κ2) is 6.59. The highest BCUT2D eigenvalue weighted by Crippen LogP contribution is 2.44. The predicted octanol–water partition coefficient (Wildman–Crippen LogP) is 3.96. The Kier molecular flexibility index (Phi) is 4.88. The van der Waals surface area contributed by atoms with Crippen LogP contribution >= 0.6 is 0 Å². The lowest BCUT2D eigenvalue weighted by Gasteiger charge is -2.36. The summed E-state index contributed by atoms with van der Waals surface area (Å²) in [6.07, 6.45) is 0. The van der Waals surface area contributed by atoms with Gasteiger partial charge in [0.25, 0.3) is 0 Å². The second-order valence-corrected chi connectivity index (χ2v) is 6.19. The molecular weight excluding hydrogens is 319 g/mol. The molecule has 0 aromatic heterocycles. The summed E-state index contributed by atoms with van der Waals surface area (Å²) in [5, 5.41) is 3.06. The zero-order valence-electron chi connectivity index (χ0n) is 13.8. The first-order chi connectivity index (χ1) is 11.3. The van der Waals surface area contributed by atoms with Gasteiger partial charge in [0.05, 0.1) is 5.57 Å². The number of hydrogen-bond donors (Lipinski definition) is 2. The summed E-state index contributed by atoms with van der Waals surface area (Å²) < 4.78 is 19.4. The Labute approximate surface area is 147 Å². The van der Waals surface area contributed by atoms with Crippen LogP contribution < -0.4 is 15.8 Å². The first kappa shape index (κ1) is 18.5. The molecule has 0 bridgehead atoms. The summed E-state index contributed by atoms with van der Waals surface area (Å²) in [6, 6.07) is 11.7. The van der Waals surface area contributed by atoms with Crippen LogP contribution in [0.5, 0.6) is 5.75 Å². The fourth-order valence-corrected chi connectivity index (χ4v) is 3.07. The largest absolute Gasteiger partial charge is 0.482 e. The number of anilines is 1. The van der Waals surface area contributed by atoms with Gasteiger partial charge in [-0.2, -0.15) is 0 Å². The van der Waals surface area contributed by atoms with E-state index in [2.05, 4.69) is 5.32 Å². The molecule has 0 radical (unpaired) electrons. The highest BCUT2D eigenvalue weighted by molar-refractivity contribution is 6.07. The van der Waals surface area contributed by atoms with E-state index in [1.165, 1.54) is 12.1 Å². The van der Waals surface area contributed by atoms with E-state index in [-0.39, 0.29) is 13.2 Å². The Balaban J connectivity index is 0.00000225. The maximum absolute atomic E-state index is 13.3. The first-order valence-corrected chi connectivity index (χ1v) is 7.65. The van der Waals surface area contributed by atoms with E-state index in [0.717, 1.165) is 16.8 Å². The fourth-order valence-electron chi connectivity index (χ4n) is 3.07. The zero-order valence-corrected chi connectivity index (χ0v) is 13.8. The lowest BCUT2D eigenvalue weighted by Crippen LogP contribution is -2.41. The average Bonchev–Trinajstić information content (AvgIpc) is 2.52. The summed E-state index contributed by atoms with van der Waals surface area (Å²) in [5.74, 6) is -0.240. The zero-order chi connectivity index (χ0) is 17.5. The minimum Gasteiger partial charge on any atom is -0.482 e. The van der Waals surface area contributed by atoms with E-state index in [1.807, 2.05) is 25.2 Å². The van der Waals surface area contributed by atoms with Gasteiger partial charge < -0.3 is 15.8 Å². The Hall–Kier alpha value is -2.82. The molecule has 0 aliphatic carbocycles. The third kappa shape index (κ3) is 3.22. The molecule has 0 saturated heterocycles. The fraction of sp³-hybridized carbons (Fsp3) is 0.250. The van der Waals surface area contributed by atoms with Crippen molar-refractivity contribution < 1.29 is 13.9 Å². The van der Waals surface area contributed by atoms with Crippen molar-refractivity contribution in [1.29, 1.82) is 0 Å². The molecule has 1 amide bonds. The van der Waals surface area contributed by atoms with Crippen LogP contribution in [0.4, 0.5) is 10.1 Å². The van der Waals surface area contributed by atoms with E-state index in [0.29, 0.717) is 16.9 Å². The molecule has 0 saturated carbocycles. The molecule has 1 aliphatic heterocycles. The molecule has 0 spiro atoms. The van der Waals surface area contributed by atoms with Gasteiger partial charge in [-0.25, -0.2) is 4.39 Å². The molecule has 2 aromatic rings. The smallest absolute Gasteiger partial charge is 0.249 e. The van der Waals surface area contributed by atoms with Crippen LogP contribution in [0.15, 0.2) is 48.0 Å². The summed E-state index contributed by atoms with van der Waals surface area (Å²) in [7, 11) is 1.82. The van der Waals surface area contributed by atoms with Crippen molar-refractivity contribution in [3.63, 3.8) is 0 Å². The predicted molar refractivity (Wildman–Crippen MR) is 99.0 cm³/mol. The van der Waals surface area contributed by atoms with Crippen LogP contribution in [-0.4, -0.2) is 18.6 Å². The van der Waals surface area contributed by atoms with Gasteiger partial charge in [0.1, 0.15) is 17.2 Å². The van der Waals surface area contributed by atoms with Crippen molar-refractivity contribution in [2.45, 2.75) is 26.9 Å². The van der Waals surface area contributed by atoms with Gasteiger partial charge in [-0.15, -0.1) is 0 Å². The Bertz CT molecular complexity index is 839. The molecule has 0 unspecified atom stereocenters. The number of carbonyl (C=O) groups is 1. The number of rotatable bonds is 3. The van der Waals surface area contributed by atoms with Crippen molar-refractivity contribution in [3.05, 3.63) is 65.0 Å². The molecule has 0 fully saturated rings. The van der Waals surface area contributed by atoms with Crippen molar-refractivity contribution in [2.24, 2.45) is 5.73 Å². The van der Waals surface area contributed by atoms with Gasteiger partial charge in [0, 0.05) is 29.9 Å². The average molecular weight is 342 g/mol. The standard InChI is InChI=1S/C19H19FN2O2.CH4/c1-19(2)17(18(21)23)16(11-4-6-12(20)7-5-11)14-9-8-13(22-3)10-15(14)24-19;/h4-10,22H,1-3H3,(H2,21,23);1H4. The van der Waals surface area contributed by atoms with Gasteiger partial charge in [0.15, 0.2) is 0 Å². The third-order valence-corrected chi connectivity index (χ3v) is 4.14. The molecular formula is C20H23FN2O2. The van der Waals surface area contributed by atoms with Crippen LogP contribution in [0, 0.1) is 5.82 Å². The number of ether oxygens (including phenoxy) is 1. The topological polar surface area (TPSA) is 64.3 Å². The Morgan fingerprint density at radius 1 is 1.16 bits per heavy atom. The van der Waals surface area contributed by atoms with Crippen molar-refractivity contribution >= 4 is 17.2 Å². The van der Waals surface area contributed by atoms with Gasteiger partial charge >= 0.3 is 0 Å². The molecule has 25 heavy (non-hydrogen) atoms. The molecule has 3 N–H and O–H groups in total. The minimum atomic E-state index is -0.894. The molecule has 132 valence electrons. The molecule has 2 aromatic carbocycles. The van der Waals surface area contributed by atoms with E-state index in [4.69, 9.17) is 10.5 Å². The number of nitrogens with two attached hydrogens (primary N) is 1. The van der Waals surface area contributed by atoms with Gasteiger partial charge in [-0.05, 0) is 43.7 Å². The monoisotopic (exact) mass is 342 g/mol. The maximum Gasteiger partial charge on any atom is 0.249 e.